The maximum Gasteiger partial charge on any atom is 0.142 e. The van der Waals surface area contributed by atoms with Crippen LogP contribution in [0.4, 0.5) is 4.39 Å². The lowest BCUT2D eigenvalue weighted by atomic mass is 10.0. The van der Waals surface area contributed by atoms with Gasteiger partial charge in [-0.1, -0.05) is 30.7 Å². The molecule has 16 heavy (non-hydrogen) atoms. The fraction of sp³-hybridized carbons (Fsp3) is 0.500. The average Bonchev–Trinajstić information content (AvgIpc) is 2.29. The lowest BCUT2D eigenvalue weighted by Crippen LogP contribution is -2.33. The number of hydrogen-bond donors (Lipinski definition) is 2. The van der Waals surface area contributed by atoms with Crippen molar-refractivity contribution in [1.29, 1.82) is 0 Å². The summed E-state index contributed by atoms with van der Waals surface area (Å²) in [5.74, 6) is -0.240. The van der Waals surface area contributed by atoms with E-state index in [9.17, 15) is 4.39 Å². The van der Waals surface area contributed by atoms with Gasteiger partial charge in [-0.3, -0.25) is 0 Å². The zero-order valence-corrected chi connectivity index (χ0v) is 10.3. The van der Waals surface area contributed by atoms with Crippen LogP contribution in [0.3, 0.4) is 0 Å². The van der Waals surface area contributed by atoms with E-state index in [0.717, 1.165) is 5.56 Å². The average molecular weight is 246 g/mol. The molecule has 2 nitrogen and oxygen atoms in total. The maximum atomic E-state index is 13.1. The number of halogens is 2. The predicted octanol–water partition coefficient (Wildman–Crippen LogP) is 2.59. The van der Waals surface area contributed by atoms with E-state index in [4.69, 9.17) is 16.7 Å². The number of hydrogen-bond acceptors (Lipinski definition) is 2. The highest BCUT2D eigenvalue weighted by atomic mass is 35.5. The molecule has 1 aromatic carbocycles. The molecule has 0 radical (unpaired) electrons. The minimum absolute atomic E-state index is 0.130. The summed E-state index contributed by atoms with van der Waals surface area (Å²) in [7, 11) is 0. The SMILES string of the molecule is CC(CO)C(C)NCc1cccc(F)c1Cl. The zero-order valence-electron chi connectivity index (χ0n) is 9.50. The van der Waals surface area contributed by atoms with Gasteiger partial charge in [0, 0.05) is 19.2 Å². The summed E-state index contributed by atoms with van der Waals surface area (Å²) < 4.78 is 13.1. The molecule has 2 atom stereocenters. The van der Waals surface area contributed by atoms with E-state index in [1.54, 1.807) is 12.1 Å². The van der Waals surface area contributed by atoms with E-state index in [1.807, 2.05) is 13.8 Å². The van der Waals surface area contributed by atoms with Gasteiger partial charge in [-0.15, -0.1) is 0 Å². The second-order valence-electron chi connectivity index (χ2n) is 4.04. The van der Waals surface area contributed by atoms with Crippen LogP contribution in [0.1, 0.15) is 19.4 Å². The Hall–Kier alpha value is -0.640. The Balaban J connectivity index is 2.58. The van der Waals surface area contributed by atoms with Gasteiger partial charge in [-0.05, 0) is 24.5 Å². The standard InChI is InChI=1S/C12H17ClFNO/c1-8(7-16)9(2)15-6-10-4-3-5-11(14)12(10)13/h3-5,8-9,15-16H,6-7H2,1-2H3. The van der Waals surface area contributed by atoms with Crippen molar-refractivity contribution in [1.82, 2.24) is 5.32 Å². The summed E-state index contributed by atoms with van der Waals surface area (Å²) >= 11 is 5.83. The fourth-order valence-corrected chi connectivity index (χ4v) is 1.51. The van der Waals surface area contributed by atoms with Crippen LogP contribution in [-0.2, 0) is 6.54 Å². The topological polar surface area (TPSA) is 32.3 Å². The van der Waals surface area contributed by atoms with Gasteiger partial charge in [0.05, 0.1) is 5.02 Å². The van der Waals surface area contributed by atoms with Crippen molar-refractivity contribution in [2.75, 3.05) is 6.61 Å². The molecule has 4 heteroatoms. The third-order valence-electron chi connectivity index (χ3n) is 2.79. The molecular weight excluding hydrogens is 229 g/mol. The summed E-state index contributed by atoms with van der Waals surface area (Å²) in [6.07, 6.45) is 0. The monoisotopic (exact) mass is 245 g/mol. The van der Waals surface area contributed by atoms with Crippen molar-refractivity contribution >= 4 is 11.6 Å². The second kappa shape index (κ2) is 6.18. The highest BCUT2D eigenvalue weighted by Crippen LogP contribution is 2.19. The van der Waals surface area contributed by atoms with Crippen LogP contribution in [-0.4, -0.2) is 17.8 Å². The Morgan fingerprint density at radius 1 is 1.44 bits per heavy atom. The molecule has 0 saturated heterocycles. The highest BCUT2D eigenvalue weighted by molar-refractivity contribution is 6.31. The van der Waals surface area contributed by atoms with E-state index in [1.165, 1.54) is 6.07 Å². The molecule has 0 saturated carbocycles. The molecule has 0 heterocycles. The maximum absolute atomic E-state index is 13.1. The number of benzene rings is 1. The van der Waals surface area contributed by atoms with E-state index < -0.39 is 5.82 Å². The van der Waals surface area contributed by atoms with Gasteiger partial charge in [-0.25, -0.2) is 4.39 Å². The lowest BCUT2D eigenvalue weighted by molar-refractivity contribution is 0.207. The molecule has 0 spiro atoms. The van der Waals surface area contributed by atoms with Gasteiger partial charge in [-0.2, -0.15) is 0 Å². The fourth-order valence-electron chi connectivity index (χ4n) is 1.32. The van der Waals surface area contributed by atoms with Crippen molar-refractivity contribution < 1.29 is 9.50 Å². The molecular formula is C12H17ClFNO. The van der Waals surface area contributed by atoms with Crippen molar-refractivity contribution in [2.24, 2.45) is 5.92 Å². The zero-order chi connectivity index (χ0) is 12.1. The molecule has 0 aliphatic heterocycles. The molecule has 0 bridgehead atoms. The first-order chi connectivity index (χ1) is 7.56. The quantitative estimate of drug-likeness (QED) is 0.836. The Bertz CT molecular complexity index is 346. The van der Waals surface area contributed by atoms with E-state index in [-0.39, 0.29) is 23.6 Å². The minimum atomic E-state index is -0.399. The summed E-state index contributed by atoms with van der Waals surface area (Å²) in [4.78, 5) is 0. The van der Waals surface area contributed by atoms with Gasteiger partial charge in [0.25, 0.3) is 0 Å². The van der Waals surface area contributed by atoms with Gasteiger partial charge < -0.3 is 10.4 Å². The molecule has 90 valence electrons. The highest BCUT2D eigenvalue weighted by Gasteiger charge is 2.11. The van der Waals surface area contributed by atoms with Crippen LogP contribution in [0, 0.1) is 11.7 Å². The first-order valence-corrected chi connectivity index (χ1v) is 5.71. The number of rotatable bonds is 5. The third kappa shape index (κ3) is 3.44. The van der Waals surface area contributed by atoms with E-state index in [2.05, 4.69) is 5.32 Å². The Morgan fingerprint density at radius 3 is 2.75 bits per heavy atom. The van der Waals surface area contributed by atoms with E-state index >= 15 is 0 Å². The minimum Gasteiger partial charge on any atom is -0.396 e. The third-order valence-corrected chi connectivity index (χ3v) is 3.21. The largest absolute Gasteiger partial charge is 0.396 e. The van der Waals surface area contributed by atoms with Gasteiger partial charge in [0.1, 0.15) is 5.82 Å². The molecule has 1 aromatic rings. The Labute approximate surface area is 100 Å². The van der Waals surface area contributed by atoms with E-state index in [0.29, 0.717) is 6.54 Å². The summed E-state index contributed by atoms with van der Waals surface area (Å²) in [5.41, 5.74) is 0.735. The van der Waals surface area contributed by atoms with Gasteiger partial charge in [0.2, 0.25) is 0 Å². The first-order valence-electron chi connectivity index (χ1n) is 5.33. The van der Waals surface area contributed by atoms with Crippen LogP contribution in [0.15, 0.2) is 18.2 Å². The van der Waals surface area contributed by atoms with Crippen LogP contribution >= 0.6 is 11.6 Å². The van der Waals surface area contributed by atoms with Gasteiger partial charge in [0.15, 0.2) is 0 Å². The number of aliphatic hydroxyl groups is 1. The normalized spacial score (nSPS) is 14.8. The number of aliphatic hydroxyl groups excluding tert-OH is 1. The summed E-state index contributed by atoms with van der Waals surface area (Å²) in [6, 6.07) is 4.92. The van der Waals surface area contributed by atoms with Crippen LogP contribution < -0.4 is 5.32 Å². The van der Waals surface area contributed by atoms with Crippen LogP contribution in [0.25, 0.3) is 0 Å². The Kier molecular flexibility index (Phi) is 5.19. The predicted molar refractivity (Wildman–Crippen MR) is 64.0 cm³/mol. The molecule has 1 rings (SSSR count). The molecule has 0 aliphatic rings. The lowest BCUT2D eigenvalue weighted by Gasteiger charge is -2.19. The van der Waals surface area contributed by atoms with Crippen molar-refractivity contribution in [3.8, 4) is 0 Å². The molecule has 2 N–H and O–H groups in total. The molecule has 0 amide bonds. The van der Waals surface area contributed by atoms with Crippen LogP contribution in [0.5, 0.6) is 0 Å². The Morgan fingerprint density at radius 2 is 2.12 bits per heavy atom. The molecule has 0 fully saturated rings. The second-order valence-corrected chi connectivity index (χ2v) is 4.42. The summed E-state index contributed by atoms with van der Waals surface area (Å²) in [5, 5.41) is 12.3. The molecule has 0 aliphatic carbocycles. The molecule has 2 unspecified atom stereocenters. The summed E-state index contributed by atoms with van der Waals surface area (Å²) in [6.45, 7) is 4.56. The van der Waals surface area contributed by atoms with Crippen molar-refractivity contribution in [3.63, 3.8) is 0 Å². The smallest absolute Gasteiger partial charge is 0.142 e. The van der Waals surface area contributed by atoms with Crippen molar-refractivity contribution in [2.45, 2.75) is 26.4 Å². The molecule has 0 aromatic heterocycles. The first kappa shape index (κ1) is 13.4. The van der Waals surface area contributed by atoms with Crippen LogP contribution in [0.2, 0.25) is 5.02 Å². The number of nitrogens with one attached hydrogen (secondary N) is 1. The van der Waals surface area contributed by atoms with Gasteiger partial charge >= 0.3 is 0 Å². The van der Waals surface area contributed by atoms with Crippen molar-refractivity contribution in [3.05, 3.63) is 34.6 Å².